The molecule has 0 aliphatic carbocycles. The van der Waals surface area contributed by atoms with Crippen molar-refractivity contribution in [2.45, 2.75) is 19.4 Å². The maximum absolute atomic E-state index is 5.92. The fraction of sp³-hybridized carbons (Fsp3) is 0.611. The van der Waals surface area contributed by atoms with E-state index < -0.39 is 0 Å². The van der Waals surface area contributed by atoms with Gasteiger partial charge in [0.1, 0.15) is 17.6 Å². The molecule has 1 N–H and O–H groups in total. The van der Waals surface area contributed by atoms with Crippen molar-refractivity contribution < 1.29 is 14.2 Å². The van der Waals surface area contributed by atoms with Crippen LogP contribution in [0.25, 0.3) is 0 Å². The predicted octanol–water partition coefficient (Wildman–Crippen LogP) is 2.62. The lowest BCUT2D eigenvalue weighted by atomic mass is 10.1. The van der Waals surface area contributed by atoms with Gasteiger partial charge in [-0.1, -0.05) is 0 Å². The van der Waals surface area contributed by atoms with Crippen LogP contribution in [-0.2, 0) is 4.74 Å². The zero-order valence-corrected chi connectivity index (χ0v) is 17.9. The minimum absolute atomic E-state index is 0. The first-order valence-electron chi connectivity index (χ1n) is 8.41. The van der Waals surface area contributed by atoms with Gasteiger partial charge in [0.25, 0.3) is 0 Å². The lowest BCUT2D eigenvalue weighted by Crippen LogP contribution is -2.43. The second-order valence-corrected chi connectivity index (χ2v) is 6.09. The molecule has 0 radical (unpaired) electrons. The maximum atomic E-state index is 5.92. The fourth-order valence-corrected chi connectivity index (χ4v) is 2.89. The molecule has 1 aliphatic heterocycles. The van der Waals surface area contributed by atoms with Crippen molar-refractivity contribution in [3.05, 3.63) is 24.3 Å². The molecule has 0 bridgehead atoms. The quantitative estimate of drug-likeness (QED) is 0.383. The van der Waals surface area contributed by atoms with E-state index in [1.165, 1.54) is 0 Å². The maximum Gasteiger partial charge on any atom is 0.193 e. The third-order valence-electron chi connectivity index (χ3n) is 4.14. The van der Waals surface area contributed by atoms with Crippen LogP contribution in [0.15, 0.2) is 29.3 Å². The summed E-state index contributed by atoms with van der Waals surface area (Å²) in [5.74, 6) is 3.18. The number of methoxy groups -OCH3 is 2. The second kappa shape index (κ2) is 11.4. The lowest BCUT2D eigenvalue weighted by molar-refractivity contribution is 0.157. The van der Waals surface area contributed by atoms with Crippen LogP contribution in [0.5, 0.6) is 11.5 Å². The molecule has 25 heavy (non-hydrogen) atoms. The number of nitrogens with zero attached hydrogens (tertiary/aromatic N) is 2. The van der Waals surface area contributed by atoms with E-state index >= 15 is 0 Å². The van der Waals surface area contributed by atoms with Crippen LogP contribution < -0.4 is 14.8 Å². The highest BCUT2D eigenvalue weighted by Crippen LogP contribution is 2.18. The van der Waals surface area contributed by atoms with Crippen molar-refractivity contribution in [3.8, 4) is 11.5 Å². The summed E-state index contributed by atoms with van der Waals surface area (Å²) in [4.78, 5) is 6.67. The molecule has 2 atom stereocenters. The van der Waals surface area contributed by atoms with Crippen LogP contribution >= 0.6 is 24.0 Å². The van der Waals surface area contributed by atoms with Gasteiger partial charge >= 0.3 is 0 Å². The summed E-state index contributed by atoms with van der Waals surface area (Å²) in [5.41, 5.74) is 0. The number of hydrogen-bond acceptors (Lipinski definition) is 4. The Hall–Kier alpha value is -1.22. The normalized spacial score (nSPS) is 18.5. The van der Waals surface area contributed by atoms with Crippen molar-refractivity contribution in [1.82, 2.24) is 10.2 Å². The Balaban J connectivity index is 0.00000312. The molecule has 6 nitrogen and oxygen atoms in total. The van der Waals surface area contributed by atoms with Gasteiger partial charge in [-0.25, -0.2) is 0 Å². The van der Waals surface area contributed by atoms with Gasteiger partial charge in [0.2, 0.25) is 0 Å². The Morgan fingerprint density at radius 1 is 1.28 bits per heavy atom. The van der Waals surface area contributed by atoms with Crippen molar-refractivity contribution in [3.63, 3.8) is 0 Å². The Morgan fingerprint density at radius 2 is 1.96 bits per heavy atom. The summed E-state index contributed by atoms with van der Waals surface area (Å²) in [6.45, 7) is 5.56. The summed E-state index contributed by atoms with van der Waals surface area (Å²) in [6.07, 6.45) is 1.18. The highest BCUT2D eigenvalue weighted by molar-refractivity contribution is 14.0. The smallest absolute Gasteiger partial charge is 0.193 e. The first-order valence-corrected chi connectivity index (χ1v) is 8.41. The van der Waals surface area contributed by atoms with Gasteiger partial charge < -0.3 is 24.4 Å². The SMILES string of the molecule is CN=C(NCC(C)Oc1ccc(OC)cc1)N1CCC(COC)C1.I. The molecule has 2 unspecified atom stereocenters. The van der Waals surface area contributed by atoms with Crippen molar-refractivity contribution >= 4 is 29.9 Å². The van der Waals surface area contributed by atoms with E-state index in [9.17, 15) is 0 Å². The predicted molar refractivity (Wildman–Crippen MR) is 111 cm³/mol. The minimum atomic E-state index is 0. The first kappa shape index (κ1) is 21.8. The van der Waals surface area contributed by atoms with Crippen LogP contribution in [0.1, 0.15) is 13.3 Å². The van der Waals surface area contributed by atoms with Crippen molar-refractivity contribution in [1.29, 1.82) is 0 Å². The van der Waals surface area contributed by atoms with Gasteiger partial charge in [0.05, 0.1) is 20.3 Å². The van der Waals surface area contributed by atoms with Crippen LogP contribution in [0, 0.1) is 5.92 Å². The number of halogens is 1. The second-order valence-electron chi connectivity index (χ2n) is 6.09. The summed E-state index contributed by atoms with van der Waals surface area (Å²) in [6, 6.07) is 7.63. The molecule has 2 rings (SSSR count). The lowest BCUT2D eigenvalue weighted by Gasteiger charge is -2.23. The molecule has 0 saturated carbocycles. The first-order chi connectivity index (χ1) is 11.7. The van der Waals surface area contributed by atoms with Crippen LogP contribution in [0.2, 0.25) is 0 Å². The summed E-state index contributed by atoms with van der Waals surface area (Å²) < 4.78 is 16.3. The molecule has 1 saturated heterocycles. The molecule has 1 aliphatic rings. The zero-order valence-electron chi connectivity index (χ0n) is 15.5. The topological polar surface area (TPSA) is 55.3 Å². The van der Waals surface area contributed by atoms with Gasteiger partial charge in [-0.3, -0.25) is 4.99 Å². The number of benzene rings is 1. The fourth-order valence-electron chi connectivity index (χ4n) is 2.89. The number of rotatable bonds is 7. The number of hydrogen-bond donors (Lipinski definition) is 1. The number of ether oxygens (including phenoxy) is 3. The molecule has 0 spiro atoms. The van der Waals surface area contributed by atoms with E-state index in [1.807, 2.05) is 38.2 Å². The number of nitrogens with one attached hydrogen (secondary N) is 1. The zero-order chi connectivity index (χ0) is 17.4. The molecule has 7 heteroatoms. The van der Waals surface area contributed by atoms with E-state index in [0.717, 1.165) is 43.6 Å². The average molecular weight is 463 g/mol. The van der Waals surface area contributed by atoms with E-state index in [0.29, 0.717) is 12.5 Å². The van der Waals surface area contributed by atoms with E-state index in [-0.39, 0.29) is 30.1 Å². The number of aliphatic imine (C=N–C) groups is 1. The Kier molecular flexibility index (Phi) is 9.96. The minimum Gasteiger partial charge on any atom is -0.497 e. The summed E-state index contributed by atoms with van der Waals surface area (Å²) in [5, 5.41) is 3.40. The molecule has 1 aromatic rings. The Morgan fingerprint density at radius 3 is 2.56 bits per heavy atom. The largest absolute Gasteiger partial charge is 0.497 e. The third kappa shape index (κ3) is 6.89. The number of likely N-dealkylation sites (tertiary alicyclic amines) is 1. The molecular weight excluding hydrogens is 433 g/mol. The Labute approximate surface area is 167 Å². The van der Waals surface area contributed by atoms with Gasteiger partial charge in [0.15, 0.2) is 5.96 Å². The monoisotopic (exact) mass is 463 g/mol. The van der Waals surface area contributed by atoms with Crippen LogP contribution in [0.4, 0.5) is 0 Å². The van der Waals surface area contributed by atoms with Gasteiger partial charge in [-0.05, 0) is 37.6 Å². The van der Waals surface area contributed by atoms with Crippen molar-refractivity contribution in [2.75, 3.05) is 47.5 Å². The molecule has 142 valence electrons. The van der Waals surface area contributed by atoms with Crippen molar-refractivity contribution in [2.24, 2.45) is 10.9 Å². The number of guanidine groups is 1. The molecule has 1 heterocycles. The van der Waals surface area contributed by atoms with E-state index in [4.69, 9.17) is 14.2 Å². The molecule has 1 aromatic carbocycles. The molecular formula is C18H30IN3O3. The summed E-state index contributed by atoms with van der Waals surface area (Å²) in [7, 11) is 5.23. The van der Waals surface area contributed by atoms with Gasteiger partial charge in [-0.15, -0.1) is 24.0 Å². The van der Waals surface area contributed by atoms with Crippen LogP contribution in [-0.4, -0.2) is 64.5 Å². The molecule has 1 fully saturated rings. The van der Waals surface area contributed by atoms with Gasteiger partial charge in [-0.2, -0.15) is 0 Å². The molecule has 0 amide bonds. The molecule has 0 aromatic heterocycles. The van der Waals surface area contributed by atoms with E-state index in [2.05, 4.69) is 15.2 Å². The summed E-state index contributed by atoms with van der Waals surface area (Å²) >= 11 is 0. The highest BCUT2D eigenvalue weighted by Gasteiger charge is 2.24. The standard InChI is InChI=1S/C18H29N3O3.HI/c1-14(24-17-7-5-16(23-4)6-8-17)11-20-18(19-2)21-10-9-15(12-21)13-22-3;/h5-8,14-15H,9-13H2,1-4H3,(H,19,20);1H. The van der Waals surface area contributed by atoms with Crippen LogP contribution in [0.3, 0.4) is 0 Å². The highest BCUT2D eigenvalue weighted by atomic mass is 127. The average Bonchev–Trinajstić information content (AvgIpc) is 3.05. The van der Waals surface area contributed by atoms with E-state index in [1.54, 1.807) is 14.2 Å². The Bertz CT molecular complexity index is 525. The third-order valence-corrected chi connectivity index (χ3v) is 4.14. The van der Waals surface area contributed by atoms with Gasteiger partial charge in [0, 0.05) is 33.2 Å².